The van der Waals surface area contributed by atoms with E-state index in [0.29, 0.717) is 18.3 Å². The van der Waals surface area contributed by atoms with Crippen molar-refractivity contribution in [2.45, 2.75) is 12.6 Å². The largest absolute Gasteiger partial charge is 0.315 e. The van der Waals surface area contributed by atoms with E-state index < -0.39 is 0 Å². The highest BCUT2D eigenvalue weighted by atomic mass is 79.9. The molecule has 3 heterocycles. The van der Waals surface area contributed by atoms with Gasteiger partial charge in [0.2, 0.25) is 0 Å². The summed E-state index contributed by atoms with van der Waals surface area (Å²) in [6.45, 7) is 2.40. The Labute approximate surface area is 118 Å². The van der Waals surface area contributed by atoms with Crippen LogP contribution in [0.2, 0.25) is 0 Å². The number of likely N-dealkylation sites (tertiary alicyclic amines) is 1. The molecule has 0 bridgehead atoms. The number of rotatable bonds is 3. The summed E-state index contributed by atoms with van der Waals surface area (Å²) in [6.07, 6.45) is 7.10. The minimum Gasteiger partial charge on any atom is -0.315 e. The Hall–Kier alpha value is -1.47. The molecule has 0 radical (unpaired) electrons. The van der Waals surface area contributed by atoms with Gasteiger partial charge in [0.15, 0.2) is 0 Å². The molecule has 0 saturated carbocycles. The molecule has 7 heteroatoms. The van der Waals surface area contributed by atoms with Crippen LogP contribution in [-0.4, -0.2) is 37.3 Å². The Kier molecular flexibility index (Phi) is 3.24. The van der Waals surface area contributed by atoms with Crippen LogP contribution in [0.5, 0.6) is 0 Å². The van der Waals surface area contributed by atoms with Crippen molar-refractivity contribution >= 4 is 15.9 Å². The van der Waals surface area contributed by atoms with Gasteiger partial charge in [-0.05, 0) is 15.9 Å². The first kappa shape index (κ1) is 12.6. The molecule has 0 atom stereocenters. The SMILES string of the molecule is Cn1ccnc(CN2CC(n3cc(Br)cn3)C2)c1=O. The summed E-state index contributed by atoms with van der Waals surface area (Å²) in [5.41, 5.74) is 0.581. The molecule has 0 spiro atoms. The molecular weight excluding hydrogens is 310 g/mol. The van der Waals surface area contributed by atoms with Crippen LogP contribution in [0.25, 0.3) is 0 Å². The van der Waals surface area contributed by atoms with Crippen LogP contribution in [0.4, 0.5) is 0 Å². The molecule has 2 aromatic rings. The number of aryl methyl sites for hydroxylation is 1. The second-order valence-electron chi connectivity index (χ2n) is 4.78. The van der Waals surface area contributed by atoms with E-state index in [0.717, 1.165) is 17.6 Å². The molecule has 0 aromatic carbocycles. The minimum absolute atomic E-state index is 0.0206. The van der Waals surface area contributed by atoms with Gasteiger partial charge in [0, 0.05) is 45.3 Å². The van der Waals surface area contributed by atoms with Crippen LogP contribution in [0, 0.1) is 0 Å². The van der Waals surface area contributed by atoms with Crippen LogP contribution in [0.15, 0.2) is 34.1 Å². The van der Waals surface area contributed by atoms with Gasteiger partial charge in [-0.3, -0.25) is 19.4 Å². The lowest BCUT2D eigenvalue weighted by atomic mass is 10.1. The third kappa shape index (κ3) is 2.48. The van der Waals surface area contributed by atoms with Gasteiger partial charge in [-0.15, -0.1) is 0 Å². The maximum atomic E-state index is 11.8. The second kappa shape index (κ2) is 4.90. The van der Waals surface area contributed by atoms with Crippen LogP contribution < -0.4 is 5.56 Å². The van der Waals surface area contributed by atoms with Crippen molar-refractivity contribution < 1.29 is 0 Å². The molecule has 6 nitrogen and oxygen atoms in total. The van der Waals surface area contributed by atoms with Crippen molar-refractivity contribution in [1.29, 1.82) is 0 Å². The smallest absolute Gasteiger partial charge is 0.273 e. The molecule has 100 valence electrons. The zero-order valence-electron chi connectivity index (χ0n) is 10.5. The number of aromatic nitrogens is 4. The molecule has 1 aliphatic rings. The lowest BCUT2D eigenvalue weighted by Gasteiger charge is -2.38. The molecule has 3 rings (SSSR count). The van der Waals surface area contributed by atoms with Crippen LogP contribution in [0.1, 0.15) is 11.7 Å². The Balaban J connectivity index is 1.63. The van der Waals surface area contributed by atoms with Crippen LogP contribution >= 0.6 is 15.9 Å². The van der Waals surface area contributed by atoms with Gasteiger partial charge in [-0.2, -0.15) is 5.10 Å². The zero-order valence-corrected chi connectivity index (χ0v) is 12.1. The van der Waals surface area contributed by atoms with Gasteiger partial charge in [0.1, 0.15) is 5.69 Å². The van der Waals surface area contributed by atoms with E-state index in [2.05, 4.69) is 30.9 Å². The molecular formula is C12H14BrN5O. The Morgan fingerprint density at radius 1 is 1.47 bits per heavy atom. The lowest BCUT2D eigenvalue weighted by molar-refractivity contribution is 0.0889. The van der Waals surface area contributed by atoms with Gasteiger partial charge in [0.05, 0.1) is 16.7 Å². The number of hydrogen-bond acceptors (Lipinski definition) is 4. The van der Waals surface area contributed by atoms with Crippen molar-refractivity contribution in [2.75, 3.05) is 13.1 Å². The Morgan fingerprint density at radius 3 is 2.95 bits per heavy atom. The monoisotopic (exact) mass is 323 g/mol. The van der Waals surface area contributed by atoms with Gasteiger partial charge in [0.25, 0.3) is 5.56 Å². The summed E-state index contributed by atoms with van der Waals surface area (Å²) in [7, 11) is 1.74. The first-order valence-corrected chi connectivity index (χ1v) is 6.85. The second-order valence-corrected chi connectivity index (χ2v) is 5.69. The summed E-state index contributed by atoms with van der Waals surface area (Å²) in [5, 5.41) is 4.27. The molecule has 0 aliphatic carbocycles. The van der Waals surface area contributed by atoms with Crippen molar-refractivity contribution in [2.24, 2.45) is 7.05 Å². The van der Waals surface area contributed by atoms with Crippen molar-refractivity contribution in [1.82, 2.24) is 24.2 Å². The summed E-state index contributed by atoms with van der Waals surface area (Å²) in [6, 6.07) is 0.388. The molecule has 2 aromatic heterocycles. The van der Waals surface area contributed by atoms with E-state index in [-0.39, 0.29) is 5.56 Å². The maximum Gasteiger partial charge on any atom is 0.273 e. The van der Waals surface area contributed by atoms with Crippen molar-refractivity contribution in [3.8, 4) is 0 Å². The number of nitrogens with zero attached hydrogens (tertiary/aromatic N) is 5. The van der Waals surface area contributed by atoms with E-state index in [1.54, 1.807) is 30.2 Å². The van der Waals surface area contributed by atoms with Gasteiger partial charge < -0.3 is 4.57 Å². The number of hydrogen-bond donors (Lipinski definition) is 0. The highest BCUT2D eigenvalue weighted by molar-refractivity contribution is 9.10. The fraction of sp³-hybridized carbons (Fsp3) is 0.417. The topological polar surface area (TPSA) is 56.0 Å². The zero-order chi connectivity index (χ0) is 13.4. The van der Waals surface area contributed by atoms with E-state index in [4.69, 9.17) is 0 Å². The molecule has 1 aliphatic heterocycles. The molecule has 19 heavy (non-hydrogen) atoms. The first-order valence-electron chi connectivity index (χ1n) is 6.06. The van der Waals surface area contributed by atoms with Gasteiger partial charge >= 0.3 is 0 Å². The Morgan fingerprint density at radius 2 is 2.26 bits per heavy atom. The predicted molar refractivity (Wildman–Crippen MR) is 73.7 cm³/mol. The van der Waals surface area contributed by atoms with Crippen molar-refractivity contribution in [3.63, 3.8) is 0 Å². The highest BCUT2D eigenvalue weighted by Gasteiger charge is 2.29. The predicted octanol–water partition coefficient (Wildman–Crippen LogP) is 0.796. The summed E-state index contributed by atoms with van der Waals surface area (Å²) in [4.78, 5) is 18.2. The van der Waals surface area contributed by atoms with E-state index in [1.807, 2.05) is 10.9 Å². The van der Waals surface area contributed by atoms with Gasteiger partial charge in [-0.25, -0.2) is 0 Å². The molecule has 1 saturated heterocycles. The van der Waals surface area contributed by atoms with Crippen LogP contribution in [-0.2, 0) is 13.6 Å². The average Bonchev–Trinajstić information content (AvgIpc) is 2.74. The highest BCUT2D eigenvalue weighted by Crippen LogP contribution is 2.22. The van der Waals surface area contributed by atoms with E-state index in [9.17, 15) is 4.79 Å². The average molecular weight is 324 g/mol. The standard InChI is InChI=1S/C12H14BrN5O/c1-16-3-2-14-11(12(16)19)8-17-6-10(7-17)18-5-9(13)4-15-18/h2-5,10H,6-8H2,1H3. The third-order valence-electron chi connectivity index (χ3n) is 3.34. The third-order valence-corrected chi connectivity index (χ3v) is 3.75. The fourth-order valence-electron chi connectivity index (χ4n) is 2.22. The number of halogens is 1. The van der Waals surface area contributed by atoms with Gasteiger partial charge in [-0.1, -0.05) is 0 Å². The van der Waals surface area contributed by atoms with Crippen LogP contribution in [0.3, 0.4) is 0 Å². The summed E-state index contributed by atoms with van der Waals surface area (Å²) in [5.74, 6) is 0. The van der Waals surface area contributed by atoms with E-state index >= 15 is 0 Å². The normalized spacial score (nSPS) is 16.5. The summed E-state index contributed by atoms with van der Waals surface area (Å²) >= 11 is 3.39. The van der Waals surface area contributed by atoms with E-state index in [1.165, 1.54) is 0 Å². The first-order chi connectivity index (χ1) is 9.13. The lowest BCUT2D eigenvalue weighted by Crippen LogP contribution is -2.48. The molecule has 0 amide bonds. The minimum atomic E-state index is -0.0206. The quantitative estimate of drug-likeness (QED) is 0.838. The molecule has 1 fully saturated rings. The van der Waals surface area contributed by atoms with Crippen molar-refractivity contribution in [3.05, 3.63) is 45.3 Å². The molecule has 0 N–H and O–H groups in total. The fourth-order valence-corrected chi connectivity index (χ4v) is 2.52. The maximum absolute atomic E-state index is 11.8. The summed E-state index contributed by atoms with van der Waals surface area (Å²) < 4.78 is 4.51. The molecule has 0 unspecified atom stereocenters. The Bertz CT molecular complexity index is 644.